The van der Waals surface area contributed by atoms with Gasteiger partial charge in [0.25, 0.3) is 0 Å². The summed E-state index contributed by atoms with van der Waals surface area (Å²) in [4.78, 5) is 0. The molecule has 0 aliphatic heterocycles. The summed E-state index contributed by atoms with van der Waals surface area (Å²) in [5.74, 6) is 1.10. The second-order valence-electron chi connectivity index (χ2n) is 2.54. The summed E-state index contributed by atoms with van der Waals surface area (Å²) in [6, 6.07) is 8.04. The maximum atomic E-state index is 5.56. The van der Waals surface area contributed by atoms with Gasteiger partial charge in [-0.3, -0.25) is 4.72 Å². The van der Waals surface area contributed by atoms with E-state index in [0.717, 1.165) is 17.9 Å². The Kier molecular flexibility index (Phi) is 8.48. The van der Waals surface area contributed by atoms with Crippen LogP contribution in [0.1, 0.15) is 19.4 Å². The maximum absolute atomic E-state index is 5.56. The van der Waals surface area contributed by atoms with E-state index in [0.29, 0.717) is 0 Å². The van der Waals surface area contributed by atoms with Crippen molar-refractivity contribution >= 4 is 17.6 Å². The van der Waals surface area contributed by atoms with Gasteiger partial charge in [-0.1, -0.05) is 37.9 Å². The molecule has 0 saturated carbocycles. The molecular formula is C11H20N2S. The van der Waals surface area contributed by atoms with Crippen molar-refractivity contribution in [1.29, 1.82) is 0 Å². The molecule has 0 spiro atoms. The summed E-state index contributed by atoms with van der Waals surface area (Å²) in [6.45, 7) is 4.00. The summed E-state index contributed by atoms with van der Waals surface area (Å²) in [5.41, 5.74) is 7.74. The van der Waals surface area contributed by atoms with Gasteiger partial charge in [0.15, 0.2) is 0 Å². The molecule has 80 valence electrons. The van der Waals surface area contributed by atoms with Crippen LogP contribution in [0.15, 0.2) is 24.3 Å². The van der Waals surface area contributed by atoms with Crippen LogP contribution in [0.3, 0.4) is 0 Å². The molecule has 0 aliphatic carbocycles. The summed E-state index contributed by atoms with van der Waals surface area (Å²) < 4.78 is 3.04. The molecule has 0 radical (unpaired) electrons. The second-order valence-corrected chi connectivity index (χ2v) is 3.65. The lowest BCUT2D eigenvalue weighted by Crippen LogP contribution is -1.97. The van der Waals surface area contributed by atoms with Crippen molar-refractivity contribution in [3.63, 3.8) is 0 Å². The molecule has 3 N–H and O–H groups in total. The van der Waals surface area contributed by atoms with E-state index in [1.807, 2.05) is 33.0 Å². The number of nitrogens with two attached hydrogens (primary N) is 1. The van der Waals surface area contributed by atoms with Crippen LogP contribution < -0.4 is 10.5 Å². The van der Waals surface area contributed by atoms with Gasteiger partial charge in [0.05, 0.1) is 0 Å². The van der Waals surface area contributed by atoms with Crippen molar-refractivity contribution in [1.82, 2.24) is 4.72 Å². The minimum Gasteiger partial charge on any atom is -0.399 e. The van der Waals surface area contributed by atoms with E-state index in [-0.39, 0.29) is 0 Å². The van der Waals surface area contributed by atoms with E-state index in [1.165, 1.54) is 5.56 Å². The van der Waals surface area contributed by atoms with Gasteiger partial charge in [-0.25, -0.2) is 0 Å². The normalized spacial score (nSPS) is 9.07. The van der Waals surface area contributed by atoms with Crippen molar-refractivity contribution in [2.45, 2.75) is 20.3 Å². The molecule has 14 heavy (non-hydrogen) atoms. The monoisotopic (exact) mass is 212 g/mol. The van der Waals surface area contributed by atoms with E-state index in [4.69, 9.17) is 5.73 Å². The van der Waals surface area contributed by atoms with E-state index in [2.05, 4.69) is 16.9 Å². The Hall–Kier alpha value is -0.670. The highest BCUT2D eigenvalue weighted by Gasteiger charge is 1.91. The first-order chi connectivity index (χ1) is 6.83. The van der Waals surface area contributed by atoms with Crippen LogP contribution in [-0.4, -0.2) is 12.8 Å². The van der Waals surface area contributed by atoms with E-state index in [1.54, 1.807) is 11.9 Å². The van der Waals surface area contributed by atoms with Crippen LogP contribution in [0.2, 0.25) is 0 Å². The largest absolute Gasteiger partial charge is 0.399 e. The average Bonchev–Trinajstić information content (AvgIpc) is 2.24. The Balaban J connectivity index is 0.000000791. The number of benzene rings is 1. The first-order valence-electron chi connectivity index (χ1n) is 4.96. The number of aryl methyl sites for hydroxylation is 1. The molecule has 0 unspecified atom stereocenters. The van der Waals surface area contributed by atoms with Gasteiger partial charge in [0, 0.05) is 11.4 Å². The van der Waals surface area contributed by atoms with Crippen LogP contribution >= 0.6 is 11.9 Å². The molecule has 2 nitrogen and oxygen atoms in total. The summed E-state index contributed by atoms with van der Waals surface area (Å²) in [6.07, 6.45) is 1.09. The Morgan fingerprint density at radius 2 is 1.79 bits per heavy atom. The number of hydrogen-bond acceptors (Lipinski definition) is 3. The summed E-state index contributed by atoms with van der Waals surface area (Å²) >= 11 is 1.73. The molecule has 1 aromatic carbocycles. The fourth-order valence-corrected chi connectivity index (χ4v) is 1.50. The molecule has 0 bridgehead atoms. The van der Waals surface area contributed by atoms with Crippen molar-refractivity contribution in [2.24, 2.45) is 0 Å². The molecule has 0 heterocycles. The zero-order valence-electron chi connectivity index (χ0n) is 9.21. The zero-order chi connectivity index (χ0) is 10.8. The van der Waals surface area contributed by atoms with Crippen molar-refractivity contribution < 1.29 is 0 Å². The molecule has 1 rings (SSSR count). The van der Waals surface area contributed by atoms with Crippen molar-refractivity contribution in [3.05, 3.63) is 29.8 Å². The predicted octanol–water partition coefficient (Wildman–Crippen LogP) is 2.71. The molecule has 0 amide bonds. The van der Waals surface area contributed by atoms with Crippen LogP contribution in [0, 0.1) is 0 Å². The van der Waals surface area contributed by atoms with Crippen molar-refractivity contribution in [2.75, 3.05) is 18.5 Å². The fraction of sp³-hybridized carbons (Fsp3) is 0.455. The van der Waals surface area contributed by atoms with Crippen LogP contribution in [-0.2, 0) is 6.42 Å². The first-order valence-corrected chi connectivity index (χ1v) is 5.94. The minimum atomic E-state index is 0.833. The van der Waals surface area contributed by atoms with Crippen molar-refractivity contribution in [3.8, 4) is 0 Å². The smallest absolute Gasteiger partial charge is 0.0314 e. The lowest BCUT2D eigenvalue weighted by molar-refractivity contribution is 1.14. The number of anilines is 1. The highest BCUT2D eigenvalue weighted by molar-refractivity contribution is 7.97. The minimum absolute atomic E-state index is 0.833. The third-order valence-electron chi connectivity index (χ3n) is 1.62. The lowest BCUT2D eigenvalue weighted by Gasteiger charge is -2.00. The van der Waals surface area contributed by atoms with Crippen LogP contribution in [0.4, 0.5) is 5.69 Å². The number of nitrogen functional groups attached to an aromatic ring is 1. The Morgan fingerprint density at radius 3 is 2.29 bits per heavy atom. The zero-order valence-corrected chi connectivity index (χ0v) is 10.0. The predicted molar refractivity (Wildman–Crippen MR) is 67.4 cm³/mol. The second kappa shape index (κ2) is 8.91. The topological polar surface area (TPSA) is 38.0 Å². The molecule has 0 fully saturated rings. The number of rotatable bonds is 4. The molecule has 0 aliphatic rings. The Labute approximate surface area is 91.4 Å². The SMILES string of the molecule is CC.CNSCCc1ccc(N)cc1. The van der Waals surface area contributed by atoms with Gasteiger partial charge in [-0.05, 0) is 31.2 Å². The van der Waals surface area contributed by atoms with Gasteiger partial charge < -0.3 is 5.73 Å². The standard InChI is InChI=1S/C9H14N2S.C2H6/c1-11-12-7-6-8-2-4-9(10)5-3-8;1-2/h2-5,11H,6-7,10H2,1H3;1-2H3. The fourth-order valence-electron chi connectivity index (χ4n) is 0.955. The summed E-state index contributed by atoms with van der Waals surface area (Å²) in [7, 11) is 1.94. The average molecular weight is 212 g/mol. The van der Waals surface area contributed by atoms with Gasteiger partial charge in [-0.15, -0.1) is 0 Å². The van der Waals surface area contributed by atoms with Crippen LogP contribution in [0.5, 0.6) is 0 Å². The molecule has 0 aromatic heterocycles. The molecule has 0 atom stereocenters. The summed E-state index contributed by atoms with van der Waals surface area (Å²) in [5, 5.41) is 0. The molecular weight excluding hydrogens is 192 g/mol. The quantitative estimate of drug-likeness (QED) is 0.458. The van der Waals surface area contributed by atoms with E-state index in [9.17, 15) is 0 Å². The highest BCUT2D eigenvalue weighted by Crippen LogP contribution is 2.07. The lowest BCUT2D eigenvalue weighted by atomic mass is 10.2. The Bertz CT molecular complexity index is 221. The van der Waals surface area contributed by atoms with Crippen LogP contribution in [0.25, 0.3) is 0 Å². The van der Waals surface area contributed by atoms with E-state index >= 15 is 0 Å². The Morgan fingerprint density at radius 1 is 1.21 bits per heavy atom. The van der Waals surface area contributed by atoms with Gasteiger partial charge in [0.1, 0.15) is 0 Å². The first kappa shape index (κ1) is 13.3. The van der Waals surface area contributed by atoms with Gasteiger partial charge in [0.2, 0.25) is 0 Å². The highest BCUT2D eigenvalue weighted by atomic mass is 32.2. The number of nitrogens with one attached hydrogen (secondary N) is 1. The van der Waals surface area contributed by atoms with Gasteiger partial charge in [-0.2, -0.15) is 0 Å². The number of hydrogen-bond donors (Lipinski definition) is 2. The third-order valence-corrected chi connectivity index (χ3v) is 2.31. The molecule has 3 heteroatoms. The van der Waals surface area contributed by atoms with E-state index < -0.39 is 0 Å². The molecule has 1 aromatic rings. The molecule has 0 saturated heterocycles. The van der Waals surface area contributed by atoms with Gasteiger partial charge >= 0.3 is 0 Å². The third kappa shape index (κ3) is 5.89. The maximum Gasteiger partial charge on any atom is 0.0314 e.